The molecule has 3 aromatic rings. The van der Waals surface area contributed by atoms with Crippen LogP contribution in [0.2, 0.25) is 5.15 Å². The number of esters is 1. The number of rotatable bonds is 7. The van der Waals surface area contributed by atoms with Crippen LogP contribution in [0.1, 0.15) is 24.8 Å². The van der Waals surface area contributed by atoms with Gasteiger partial charge in [0.15, 0.2) is 11.0 Å². The van der Waals surface area contributed by atoms with Gasteiger partial charge in [0, 0.05) is 11.6 Å². The van der Waals surface area contributed by atoms with Gasteiger partial charge in [0.05, 0.1) is 5.69 Å². The monoisotopic (exact) mass is 423 g/mol. The average molecular weight is 424 g/mol. The lowest BCUT2D eigenvalue weighted by Gasteiger charge is -2.27. The van der Waals surface area contributed by atoms with Crippen LogP contribution in [0.5, 0.6) is 0 Å². The van der Waals surface area contributed by atoms with Crippen LogP contribution in [0.4, 0.5) is 5.82 Å². The van der Waals surface area contributed by atoms with Gasteiger partial charge in [-0.1, -0.05) is 72.3 Å². The van der Waals surface area contributed by atoms with Crippen LogP contribution < -0.4 is 10.9 Å². The van der Waals surface area contributed by atoms with Crippen LogP contribution in [-0.4, -0.2) is 21.6 Å². The second kappa shape index (κ2) is 9.13. The van der Waals surface area contributed by atoms with Gasteiger partial charge in [-0.05, 0) is 24.8 Å². The predicted octanol–water partition coefficient (Wildman–Crippen LogP) is 4.27. The number of hydrogen-bond acceptors (Lipinski definition) is 5. The van der Waals surface area contributed by atoms with Crippen LogP contribution in [0.15, 0.2) is 65.5 Å². The Morgan fingerprint density at radius 2 is 1.77 bits per heavy atom. The Bertz CT molecular complexity index is 1080. The van der Waals surface area contributed by atoms with Gasteiger partial charge < -0.3 is 10.1 Å². The summed E-state index contributed by atoms with van der Waals surface area (Å²) in [5.74, 6) is -0.352. The number of aromatic nitrogens is 2. The van der Waals surface area contributed by atoms with E-state index >= 15 is 0 Å². The summed E-state index contributed by atoms with van der Waals surface area (Å²) < 4.78 is 6.73. The fraction of sp³-hybridized carbons (Fsp3) is 0.261. The Morgan fingerprint density at radius 3 is 2.40 bits per heavy atom. The summed E-state index contributed by atoms with van der Waals surface area (Å²) >= 11 is 6.48. The first-order chi connectivity index (χ1) is 14.6. The van der Waals surface area contributed by atoms with Crippen molar-refractivity contribution in [3.05, 3.63) is 81.7 Å². The van der Waals surface area contributed by atoms with Gasteiger partial charge in [-0.15, -0.1) is 0 Å². The van der Waals surface area contributed by atoms with Gasteiger partial charge in [-0.25, -0.2) is 4.98 Å². The number of anilines is 1. The molecular weight excluding hydrogens is 402 g/mol. The number of ether oxygens (including phenoxy) is 1. The maximum atomic E-state index is 13.2. The van der Waals surface area contributed by atoms with E-state index in [9.17, 15) is 9.59 Å². The summed E-state index contributed by atoms with van der Waals surface area (Å²) in [5.41, 5.74) is 1.60. The fourth-order valence-electron chi connectivity index (χ4n) is 3.31. The Hall–Kier alpha value is -3.12. The molecule has 30 heavy (non-hydrogen) atoms. The SMILES string of the molecule is O=C(Cn1c(-c2ccccc2)c(Cl)nc(NC2CCC2)c1=O)OCc1ccccc1. The summed E-state index contributed by atoms with van der Waals surface area (Å²) in [6.45, 7) is -0.113. The largest absolute Gasteiger partial charge is 0.459 e. The highest BCUT2D eigenvalue weighted by atomic mass is 35.5. The normalized spacial score (nSPS) is 13.5. The molecule has 0 aliphatic heterocycles. The first kappa shape index (κ1) is 20.2. The van der Waals surface area contributed by atoms with E-state index in [0.717, 1.165) is 24.8 Å². The van der Waals surface area contributed by atoms with Gasteiger partial charge >= 0.3 is 5.97 Å². The Balaban J connectivity index is 1.64. The van der Waals surface area contributed by atoms with E-state index in [2.05, 4.69) is 10.3 Å². The number of carbonyl (C=O) groups is 1. The second-order valence-electron chi connectivity index (χ2n) is 7.28. The van der Waals surface area contributed by atoms with Crippen LogP contribution in [0.25, 0.3) is 11.3 Å². The van der Waals surface area contributed by atoms with Gasteiger partial charge in [0.25, 0.3) is 5.56 Å². The van der Waals surface area contributed by atoms with Crippen molar-refractivity contribution in [1.29, 1.82) is 0 Å². The van der Waals surface area contributed by atoms with Crippen molar-refractivity contribution in [3.63, 3.8) is 0 Å². The van der Waals surface area contributed by atoms with Crippen LogP contribution in [0.3, 0.4) is 0 Å². The highest BCUT2D eigenvalue weighted by Crippen LogP contribution is 2.27. The van der Waals surface area contributed by atoms with E-state index in [-0.39, 0.29) is 35.7 Å². The first-order valence-corrected chi connectivity index (χ1v) is 10.3. The molecule has 0 saturated heterocycles. The van der Waals surface area contributed by atoms with Crippen LogP contribution in [0, 0.1) is 0 Å². The van der Waals surface area contributed by atoms with E-state index < -0.39 is 5.97 Å². The third-order valence-electron chi connectivity index (χ3n) is 5.15. The Labute approximate surface area is 179 Å². The standard InChI is InChI=1S/C23H22ClN3O3/c24-21-20(17-10-5-2-6-11-17)27(23(29)22(26-21)25-18-12-7-13-18)14-19(28)30-15-16-8-3-1-4-9-16/h1-6,8-11,18H,7,12-15H2,(H,25,26). The molecule has 154 valence electrons. The molecule has 6 nitrogen and oxygen atoms in total. The number of halogens is 1. The molecule has 1 aromatic heterocycles. The summed E-state index contributed by atoms with van der Waals surface area (Å²) in [7, 11) is 0. The molecule has 0 amide bonds. The van der Waals surface area contributed by atoms with Crippen molar-refractivity contribution in [2.24, 2.45) is 0 Å². The lowest BCUT2D eigenvalue weighted by molar-refractivity contribution is -0.145. The molecule has 2 aromatic carbocycles. The molecule has 7 heteroatoms. The highest BCUT2D eigenvalue weighted by Gasteiger charge is 2.23. The maximum Gasteiger partial charge on any atom is 0.326 e. The lowest BCUT2D eigenvalue weighted by Crippen LogP contribution is -2.35. The maximum absolute atomic E-state index is 13.2. The highest BCUT2D eigenvalue weighted by molar-refractivity contribution is 6.32. The van der Waals surface area contributed by atoms with Crippen molar-refractivity contribution in [3.8, 4) is 11.3 Å². The smallest absolute Gasteiger partial charge is 0.326 e. The zero-order valence-electron chi connectivity index (χ0n) is 16.4. The van der Waals surface area contributed by atoms with E-state index in [0.29, 0.717) is 11.3 Å². The van der Waals surface area contributed by atoms with E-state index in [1.54, 1.807) is 0 Å². The second-order valence-corrected chi connectivity index (χ2v) is 7.63. The molecular formula is C23H22ClN3O3. The number of hydrogen-bond donors (Lipinski definition) is 1. The van der Waals surface area contributed by atoms with Crippen molar-refractivity contribution >= 4 is 23.4 Å². The molecule has 0 radical (unpaired) electrons. The molecule has 0 spiro atoms. The van der Waals surface area contributed by atoms with Gasteiger partial charge in [-0.3, -0.25) is 14.2 Å². The summed E-state index contributed by atoms with van der Waals surface area (Å²) in [6.07, 6.45) is 3.09. The molecule has 0 atom stereocenters. The minimum Gasteiger partial charge on any atom is -0.459 e. The lowest BCUT2D eigenvalue weighted by atomic mass is 9.93. The minimum absolute atomic E-state index is 0.140. The van der Waals surface area contributed by atoms with Crippen LogP contribution >= 0.6 is 11.6 Å². The third kappa shape index (κ3) is 4.54. The Kier molecular flexibility index (Phi) is 6.14. The molecule has 0 bridgehead atoms. The Morgan fingerprint density at radius 1 is 1.10 bits per heavy atom. The summed E-state index contributed by atoms with van der Waals surface area (Å²) in [4.78, 5) is 30.0. The van der Waals surface area contributed by atoms with Gasteiger partial charge in [0.1, 0.15) is 13.2 Å². The third-order valence-corrected chi connectivity index (χ3v) is 5.41. The molecule has 0 unspecified atom stereocenters. The zero-order valence-corrected chi connectivity index (χ0v) is 17.1. The van der Waals surface area contributed by atoms with Crippen molar-refractivity contribution in [2.75, 3.05) is 5.32 Å². The fourth-order valence-corrected chi connectivity index (χ4v) is 3.61. The molecule has 1 fully saturated rings. The molecule has 1 heterocycles. The zero-order chi connectivity index (χ0) is 20.9. The van der Waals surface area contributed by atoms with Crippen molar-refractivity contribution < 1.29 is 9.53 Å². The number of carbonyl (C=O) groups excluding carboxylic acids is 1. The molecule has 1 aliphatic rings. The average Bonchev–Trinajstić information content (AvgIpc) is 2.73. The molecule has 1 aliphatic carbocycles. The van der Waals surface area contributed by atoms with Crippen molar-refractivity contribution in [2.45, 2.75) is 38.5 Å². The van der Waals surface area contributed by atoms with E-state index in [1.165, 1.54) is 4.57 Å². The van der Waals surface area contributed by atoms with E-state index in [1.807, 2.05) is 60.7 Å². The number of benzene rings is 2. The first-order valence-electron chi connectivity index (χ1n) is 9.93. The number of nitrogens with one attached hydrogen (secondary N) is 1. The molecule has 1 saturated carbocycles. The van der Waals surface area contributed by atoms with Crippen LogP contribution in [-0.2, 0) is 22.7 Å². The summed E-state index contributed by atoms with van der Waals surface area (Å²) in [5, 5.41) is 3.32. The molecule has 4 rings (SSSR count). The summed E-state index contributed by atoms with van der Waals surface area (Å²) in [6, 6.07) is 18.8. The number of nitrogens with zero attached hydrogens (tertiary/aromatic N) is 2. The van der Waals surface area contributed by atoms with E-state index in [4.69, 9.17) is 16.3 Å². The predicted molar refractivity (Wildman–Crippen MR) is 116 cm³/mol. The quantitative estimate of drug-likeness (QED) is 0.574. The van der Waals surface area contributed by atoms with Crippen molar-refractivity contribution in [1.82, 2.24) is 9.55 Å². The van der Waals surface area contributed by atoms with Gasteiger partial charge in [0.2, 0.25) is 0 Å². The van der Waals surface area contributed by atoms with Gasteiger partial charge in [-0.2, -0.15) is 0 Å². The minimum atomic E-state index is -0.519. The molecule has 1 N–H and O–H groups in total. The topological polar surface area (TPSA) is 73.2 Å².